The minimum absolute atomic E-state index is 0.165. The van der Waals surface area contributed by atoms with Gasteiger partial charge in [0.1, 0.15) is 11.5 Å². The highest BCUT2D eigenvalue weighted by Gasteiger charge is 2.60. The van der Waals surface area contributed by atoms with Crippen LogP contribution in [-0.4, -0.2) is 8.42 Å². The zero-order valence-corrected chi connectivity index (χ0v) is 23.3. The first-order valence-corrected chi connectivity index (χ1v) is 15.5. The van der Waals surface area contributed by atoms with E-state index < -0.39 is 22.9 Å². The van der Waals surface area contributed by atoms with Gasteiger partial charge in [0.25, 0.3) is 0 Å². The Hall–Kier alpha value is -3.38. The third-order valence-electron chi connectivity index (χ3n) is 6.80. The summed E-state index contributed by atoms with van der Waals surface area (Å²) in [6.45, 7) is 5.46. The number of benzene rings is 4. The topological polar surface area (TPSA) is 81.7 Å². The van der Waals surface area contributed by atoms with Crippen LogP contribution in [0, 0.1) is 20.8 Å². The monoisotopic (exact) mass is 547 g/mol. The van der Waals surface area contributed by atoms with Crippen LogP contribution in [0.1, 0.15) is 34.2 Å². The Kier molecular flexibility index (Phi) is 6.95. The van der Waals surface area contributed by atoms with E-state index >= 15 is 4.57 Å². The predicted octanol–water partition coefficient (Wildman–Crippen LogP) is 7.04. The fourth-order valence-corrected chi connectivity index (χ4v) is 9.90. The molecule has 5 rings (SSSR count). The van der Waals surface area contributed by atoms with Gasteiger partial charge in [0, 0.05) is 0 Å². The first-order chi connectivity index (χ1) is 18.1. The summed E-state index contributed by atoms with van der Waals surface area (Å²) in [7, 11) is -8.49. The van der Waals surface area contributed by atoms with Crippen molar-refractivity contribution in [2.45, 2.75) is 43.8 Å². The zero-order valence-electron chi connectivity index (χ0n) is 21.5. The molecule has 1 aliphatic rings. The molecule has 0 saturated carbocycles. The molecule has 0 heterocycles. The second-order valence-corrected chi connectivity index (χ2v) is 13.4. The number of hydrogen-bond donors (Lipinski definition) is 1. The molecule has 0 radical (unpaired) electrons. The lowest BCUT2D eigenvalue weighted by Gasteiger charge is -2.37. The van der Waals surface area contributed by atoms with Gasteiger partial charge in [-0.2, -0.15) is 4.72 Å². The molecule has 6 nitrogen and oxygen atoms in total. The summed E-state index contributed by atoms with van der Waals surface area (Å²) in [6, 6.07) is 28.5. The molecule has 1 N–H and O–H groups in total. The van der Waals surface area contributed by atoms with Crippen LogP contribution in [0.15, 0.2) is 102 Å². The summed E-state index contributed by atoms with van der Waals surface area (Å²) in [4.78, 5) is 0.165. The first-order valence-electron chi connectivity index (χ1n) is 12.4. The highest BCUT2D eigenvalue weighted by molar-refractivity contribution is 7.90. The van der Waals surface area contributed by atoms with Crippen LogP contribution in [0.4, 0.5) is 0 Å². The molecule has 0 aromatic heterocycles. The standard InChI is InChI=1S/C30H30NO5PS/c1-22-20-23(2)29(24(3)21-22)38(33,34)31-30(19-18-25-12-10-11-17-28(25)30)37(32,35-26-13-6-4-7-14-26)36-27-15-8-5-9-16-27/h4-17,20-21,31H,18-19H2,1-3H3/t30-/m1/s1. The molecular weight excluding hydrogens is 517 g/mol. The van der Waals surface area contributed by atoms with Gasteiger partial charge in [0.2, 0.25) is 10.0 Å². The van der Waals surface area contributed by atoms with E-state index in [1.807, 2.05) is 49.4 Å². The maximum absolute atomic E-state index is 15.2. The summed E-state index contributed by atoms with van der Waals surface area (Å²) >= 11 is 0. The minimum atomic E-state index is -4.32. The van der Waals surface area contributed by atoms with Crippen LogP contribution in [0.3, 0.4) is 0 Å². The van der Waals surface area contributed by atoms with Crippen LogP contribution in [-0.2, 0) is 26.3 Å². The Morgan fingerprint density at radius 3 is 1.82 bits per heavy atom. The van der Waals surface area contributed by atoms with Crippen LogP contribution >= 0.6 is 7.60 Å². The molecule has 0 unspecified atom stereocenters. The number of aryl methyl sites for hydroxylation is 4. The highest BCUT2D eigenvalue weighted by Crippen LogP contribution is 2.67. The van der Waals surface area contributed by atoms with Crippen molar-refractivity contribution >= 4 is 17.6 Å². The molecule has 4 aromatic rings. The van der Waals surface area contributed by atoms with Crippen LogP contribution < -0.4 is 13.8 Å². The van der Waals surface area contributed by atoms with E-state index in [1.54, 1.807) is 68.4 Å². The number of fused-ring (bicyclic) bond motifs is 1. The van der Waals surface area contributed by atoms with Gasteiger partial charge in [0.05, 0.1) is 4.90 Å². The maximum atomic E-state index is 15.2. The molecule has 0 amide bonds. The molecule has 4 aromatic carbocycles. The number of sulfonamides is 1. The Morgan fingerprint density at radius 2 is 1.26 bits per heavy atom. The minimum Gasteiger partial charge on any atom is -0.415 e. The van der Waals surface area contributed by atoms with Gasteiger partial charge in [-0.1, -0.05) is 78.4 Å². The predicted molar refractivity (Wildman–Crippen MR) is 149 cm³/mol. The van der Waals surface area contributed by atoms with Crippen molar-refractivity contribution in [2.24, 2.45) is 0 Å². The summed E-state index contributed by atoms with van der Waals surface area (Å²) in [5.41, 5.74) is 3.66. The van der Waals surface area contributed by atoms with E-state index in [2.05, 4.69) is 4.72 Å². The quantitative estimate of drug-likeness (QED) is 0.239. The van der Waals surface area contributed by atoms with E-state index in [9.17, 15) is 8.42 Å². The van der Waals surface area contributed by atoms with Crippen LogP contribution in [0.5, 0.6) is 11.5 Å². The zero-order chi connectivity index (χ0) is 27.0. The molecule has 1 atom stereocenters. The number of hydrogen-bond acceptors (Lipinski definition) is 5. The van der Waals surface area contributed by atoms with Gasteiger partial charge >= 0.3 is 7.60 Å². The Balaban J connectivity index is 1.72. The van der Waals surface area contributed by atoms with Crippen molar-refractivity contribution in [2.75, 3.05) is 0 Å². The molecule has 0 bridgehead atoms. The lowest BCUT2D eigenvalue weighted by atomic mass is 10.1. The van der Waals surface area contributed by atoms with Crippen molar-refractivity contribution in [3.05, 3.63) is 125 Å². The fraction of sp³-hybridized carbons (Fsp3) is 0.200. The average molecular weight is 548 g/mol. The van der Waals surface area contributed by atoms with Crippen molar-refractivity contribution in [1.82, 2.24) is 4.72 Å². The number of rotatable bonds is 8. The average Bonchev–Trinajstić information content (AvgIpc) is 3.24. The SMILES string of the molecule is Cc1cc(C)c(S(=O)(=O)N[C@@]2(P(=O)(Oc3ccccc3)Oc3ccccc3)CCc3ccccc32)c(C)c1. The molecule has 0 fully saturated rings. The van der Waals surface area contributed by atoms with Crippen molar-refractivity contribution < 1.29 is 22.0 Å². The van der Waals surface area contributed by atoms with Gasteiger partial charge in [-0.25, -0.2) is 13.0 Å². The smallest absolute Gasteiger partial charge is 0.415 e. The summed E-state index contributed by atoms with van der Waals surface area (Å²) < 4.78 is 58.8. The maximum Gasteiger partial charge on any atom is 0.456 e. The molecule has 196 valence electrons. The fourth-order valence-electron chi connectivity index (χ4n) is 5.32. The second kappa shape index (κ2) is 10.1. The lowest BCUT2D eigenvalue weighted by Crippen LogP contribution is -2.46. The Labute approximate surface area is 224 Å². The van der Waals surface area contributed by atoms with E-state index in [0.29, 0.717) is 34.6 Å². The normalized spacial score (nSPS) is 17.1. The molecule has 8 heteroatoms. The number of para-hydroxylation sites is 2. The van der Waals surface area contributed by atoms with Crippen LogP contribution in [0.2, 0.25) is 0 Å². The molecule has 38 heavy (non-hydrogen) atoms. The van der Waals surface area contributed by atoms with Crippen molar-refractivity contribution in [3.63, 3.8) is 0 Å². The van der Waals surface area contributed by atoms with Gasteiger partial charge in [0.15, 0.2) is 5.28 Å². The molecule has 0 saturated heterocycles. The van der Waals surface area contributed by atoms with E-state index in [1.165, 1.54) is 0 Å². The number of nitrogens with one attached hydrogen (secondary N) is 1. The Bertz CT molecular complexity index is 1550. The van der Waals surface area contributed by atoms with Gasteiger partial charge in [-0.3, -0.25) is 0 Å². The van der Waals surface area contributed by atoms with Gasteiger partial charge in [-0.05, 0) is 80.1 Å². The molecule has 0 aliphatic heterocycles. The third-order valence-corrected chi connectivity index (χ3v) is 11.2. The molecular formula is C30H30NO5PS. The second-order valence-electron chi connectivity index (χ2n) is 9.66. The van der Waals surface area contributed by atoms with E-state index in [4.69, 9.17) is 9.05 Å². The molecule has 1 aliphatic carbocycles. The largest absolute Gasteiger partial charge is 0.456 e. The van der Waals surface area contributed by atoms with E-state index in [0.717, 1.165) is 11.1 Å². The first kappa shape index (κ1) is 26.2. The Morgan fingerprint density at radius 1 is 0.763 bits per heavy atom. The summed E-state index contributed by atoms with van der Waals surface area (Å²) in [6.07, 6.45) is 0.706. The van der Waals surface area contributed by atoms with Gasteiger partial charge in [-0.15, -0.1) is 0 Å². The highest BCUT2D eigenvalue weighted by atomic mass is 32.2. The van der Waals surface area contributed by atoms with Crippen molar-refractivity contribution in [1.29, 1.82) is 0 Å². The summed E-state index contributed by atoms with van der Waals surface area (Å²) in [5.74, 6) is 0.634. The molecule has 0 spiro atoms. The lowest BCUT2D eigenvalue weighted by molar-refractivity contribution is 0.327. The third kappa shape index (κ3) is 4.78. The van der Waals surface area contributed by atoms with Crippen LogP contribution in [0.25, 0.3) is 0 Å². The van der Waals surface area contributed by atoms with Crippen molar-refractivity contribution in [3.8, 4) is 11.5 Å². The van der Waals surface area contributed by atoms with Gasteiger partial charge < -0.3 is 9.05 Å². The summed E-state index contributed by atoms with van der Waals surface area (Å²) in [5, 5.41) is -1.67. The van der Waals surface area contributed by atoms with E-state index in [-0.39, 0.29) is 11.3 Å².